The second-order valence-corrected chi connectivity index (χ2v) is 16.7. The van der Waals surface area contributed by atoms with Gasteiger partial charge in [-0.05, 0) is 82.8 Å². The van der Waals surface area contributed by atoms with E-state index >= 15 is 0 Å². The van der Waals surface area contributed by atoms with Crippen molar-refractivity contribution in [2.75, 3.05) is 31.7 Å². The van der Waals surface area contributed by atoms with Gasteiger partial charge in [0.15, 0.2) is 12.0 Å². The Balaban J connectivity index is 6.23. The summed E-state index contributed by atoms with van der Waals surface area (Å²) >= 11 is 1.37. The maximum atomic E-state index is 13.9. The van der Waals surface area contributed by atoms with Crippen LogP contribution in [0, 0.1) is 11.8 Å². The summed E-state index contributed by atoms with van der Waals surface area (Å²) in [6.45, 7) is 8.95. The molecule has 0 aliphatic heterocycles. The number of thioether (sulfide) groups is 1. The molecule has 9 atom stereocenters. The fraction of sp³-hybridized carbons (Fsp3) is 0.763. The third kappa shape index (κ3) is 22.4. The summed E-state index contributed by atoms with van der Waals surface area (Å²) in [5.74, 6) is -7.68. The molecule has 0 unspecified atom stereocenters. The molecule has 0 heterocycles. The molecule has 0 aromatic carbocycles. The number of carbonyl (C=O) groups is 8. The maximum absolute atomic E-state index is 13.9. The molecule has 0 aliphatic rings. The molecule has 0 aliphatic carbocycles. The van der Waals surface area contributed by atoms with Crippen molar-refractivity contribution in [1.82, 2.24) is 37.2 Å². The Bertz CT molecular complexity index is 1500. The largest absolute Gasteiger partial charge is 0.480 e. The van der Waals surface area contributed by atoms with E-state index in [2.05, 4.69) is 42.2 Å². The third-order valence-electron chi connectivity index (χ3n) is 9.33. The van der Waals surface area contributed by atoms with Crippen molar-refractivity contribution in [2.45, 2.75) is 141 Å². The first kappa shape index (κ1) is 57.2. The quantitative estimate of drug-likeness (QED) is 0.0178. The molecule has 7 amide bonds. The standard InChI is InChI=1S/C38H72N12O11S/c1-19(2)17-26(34(57)50-29(22(6)52)37(60)61)47-32(55)24(12-10-15-43-38(41)42)45-33(56)25(13-16-62-7)46-36(59)28(20(3)4)49-35(58)27(18-51)48-30(53)21(5)44-31(54)23(40)11-8-9-14-39/h19-29,51-52H,8-18,39-40H2,1-7H3,(H,44,54)(H,45,56)(H,46,59)(H,47,55)(H,48,53)(H,49,58)(H,50,57)(H,60,61)(H4,41,42,43)/t21-,22+,23-,24-,25-,26-,27-,28-,29-/m0/s1. The lowest BCUT2D eigenvalue weighted by molar-refractivity contribution is -0.145. The number of nitrogens with zero attached hydrogens (tertiary/aromatic N) is 1. The van der Waals surface area contributed by atoms with Crippen LogP contribution in [0.15, 0.2) is 4.99 Å². The molecule has 0 saturated heterocycles. The number of nitrogens with one attached hydrogen (secondary N) is 7. The van der Waals surface area contributed by atoms with Gasteiger partial charge in [0.2, 0.25) is 41.4 Å². The van der Waals surface area contributed by atoms with Gasteiger partial charge in [-0.3, -0.25) is 38.6 Å². The Kier molecular flexibility index (Phi) is 28.0. The van der Waals surface area contributed by atoms with Crippen molar-refractivity contribution in [3.63, 3.8) is 0 Å². The van der Waals surface area contributed by atoms with Crippen LogP contribution in [0.3, 0.4) is 0 Å². The molecule has 0 bridgehead atoms. The van der Waals surface area contributed by atoms with Gasteiger partial charge in [0.25, 0.3) is 0 Å². The number of nitrogens with two attached hydrogens (primary N) is 4. The number of amides is 7. The van der Waals surface area contributed by atoms with Gasteiger partial charge in [0.05, 0.1) is 18.8 Å². The molecule has 0 aromatic rings. The highest BCUT2D eigenvalue weighted by molar-refractivity contribution is 7.98. The van der Waals surface area contributed by atoms with E-state index in [1.165, 1.54) is 25.6 Å². The molecular formula is C38H72N12O11S. The van der Waals surface area contributed by atoms with Crippen LogP contribution in [0.1, 0.15) is 86.5 Å². The summed E-state index contributed by atoms with van der Waals surface area (Å²) in [5.41, 5.74) is 22.2. The average Bonchev–Trinajstić information content (AvgIpc) is 3.18. The van der Waals surface area contributed by atoms with Crippen LogP contribution in [0.5, 0.6) is 0 Å². The molecule has 0 radical (unpaired) electrons. The van der Waals surface area contributed by atoms with Crippen LogP contribution in [-0.2, 0) is 38.4 Å². The van der Waals surface area contributed by atoms with Crippen molar-refractivity contribution in [3.05, 3.63) is 0 Å². The van der Waals surface area contributed by atoms with E-state index in [0.717, 1.165) is 0 Å². The van der Waals surface area contributed by atoms with Crippen LogP contribution >= 0.6 is 11.8 Å². The second-order valence-electron chi connectivity index (χ2n) is 15.7. The molecule has 62 heavy (non-hydrogen) atoms. The van der Waals surface area contributed by atoms with E-state index in [4.69, 9.17) is 22.9 Å². The Morgan fingerprint density at radius 2 is 1.15 bits per heavy atom. The molecule has 356 valence electrons. The van der Waals surface area contributed by atoms with E-state index < -0.39 is 114 Å². The summed E-state index contributed by atoms with van der Waals surface area (Å²) in [6, 6.07) is -10.4. The minimum Gasteiger partial charge on any atom is -0.480 e. The Morgan fingerprint density at radius 1 is 0.629 bits per heavy atom. The molecule has 24 heteroatoms. The predicted octanol–water partition coefficient (Wildman–Crippen LogP) is -4.18. The first-order valence-corrected chi connectivity index (χ1v) is 22.0. The zero-order valence-electron chi connectivity index (χ0n) is 36.9. The molecule has 23 nitrogen and oxygen atoms in total. The van der Waals surface area contributed by atoms with Gasteiger partial charge in [-0.15, -0.1) is 0 Å². The number of unbranched alkanes of at least 4 members (excludes halogenated alkanes) is 1. The minimum atomic E-state index is -1.66. The Hall–Kier alpha value is -4.78. The monoisotopic (exact) mass is 905 g/mol. The van der Waals surface area contributed by atoms with Gasteiger partial charge in [-0.1, -0.05) is 34.1 Å². The van der Waals surface area contributed by atoms with Crippen LogP contribution in [0.25, 0.3) is 0 Å². The fourth-order valence-electron chi connectivity index (χ4n) is 5.73. The van der Waals surface area contributed by atoms with Crippen molar-refractivity contribution < 1.29 is 53.7 Å². The Morgan fingerprint density at radius 3 is 1.65 bits per heavy atom. The summed E-state index contributed by atoms with van der Waals surface area (Å²) in [5, 5.41) is 46.8. The molecule has 0 rings (SSSR count). The summed E-state index contributed by atoms with van der Waals surface area (Å²) in [7, 11) is 0. The highest BCUT2D eigenvalue weighted by Gasteiger charge is 2.35. The summed E-state index contributed by atoms with van der Waals surface area (Å²) in [4.78, 5) is 109. The minimum absolute atomic E-state index is 0.0399. The normalized spacial score (nSPS) is 15.6. The van der Waals surface area contributed by atoms with Crippen LogP contribution < -0.4 is 60.2 Å². The number of rotatable bonds is 31. The second kappa shape index (κ2) is 30.3. The predicted molar refractivity (Wildman–Crippen MR) is 234 cm³/mol. The number of guanidine groups is 1. The molecule has 0 aromatic heterocycles. The third-order valence-corrected chi connectivity index (χ3v) is 9.97. The van der Waals surface area contributed by atoms with Crippen LogP contribution in [-0.4, -0.2) is 155 Å². The summed E-state index contributed by atoms with van der Waals surface area (Å²) < 4.78 is 0. The highest BCUT2D eigenvalue weighted by atomic mass is 32.2. The smallest absolute Gasteiger partial charge is 0.328 e. The van der Waals surface area contributed by atoms with Gasteiger partial charge in [0, 0.05) is 6.54 Å². The number of aliphatic imine (C=N–C) groups is 1. The molecule has 0 spiro atoms. The van der Waals surface area contributed by atoms with Crippen molar-refractivity contribution in [3.8, 4) is 0 Å². The number of aliphatic hydroxyl groups excluding tert-OH is 2. The number of aliphatic carboxylic acids is 1. The van der Waals surface area contributed by atoms with Crippen molar-refractivity contribution in [1.29, 1.82) is 0 Å². The Labute approximate surface area is 367 Å². The van der Waals surface area contributed by atoms with Crippen LogP contribution in [0.2, 0.25) is 0 Å². The molecular weight excluding hydrogens is 833 g/mol. The first-order chi connectivity index (χ1) is 29.0. The lowest BCUT2D eigenvalue weighted by Crippen LogP contribution is -2.61. The molecule has 0 saturated carbocycles. The van der Waals surface area contributed by atoms with E-state index in [9.17, 15) is 53.7 Å². The zero-order valence-corrected chi connectivity index (χ0v) is 37.7. The van der Waals surface area contributed by atoms with Crippen molar-refractivity contribution >= 4 is 65.0 Å². The lowest BCUT2D eigenvalue weighted by Gasteiger charge is -2.29. The van der Waals surface area contributed by atoms with E-state index in [1.807, 2.05) is 0 Å². The van der Waals surface area contributed by atoms with Gasteiger partial charge in [-0.25, -0.2) is 4.79 Å². The zero-order chi connectivity index (χ0) is 47.7. The van der Waals surface area contributed by atoms with Gasteiger partial charge in [-0.2, -0.15) is 11.8 Å². The number of aliphatic hydroxyl groups is 2. The number of carboxylic acid groups (broad SMARTS) is 1. The van der Waals surface area contributed by atoms with E-state index in [1.54, 1.807) is 34.0 Å². The van der Waals surface area contributed by atoms with Crippen molar-refractivity contribution in [2.24, 2.45) is 39.8 Å². The average molecular weight is 905 g/mol. The SMILES string of the molecule is CSCC[C@H](NC(=O)[C@@H](NC(=O)[C@H](CO)NC(=O)[C@H](C)NC(=O)[C@@H](N)CCCCN)C(C)C)C(=O)N[C@@H](CCCN=C(N)N)C(=O)N[C@@H](CC(C)C)C(=O)N[C@H](C(=O)O)[C@@H](C)O. The molecule has 0 fully saturated rings. The fourth-order valence-corrected chi connectivity index (χ4v) is 6.21. The van der Waals surface area contributed by atoms with E-state index in [-0.39, 0.29) is 44.1 Å². The maximum Gasteiger partial charge on any atom is 0.328 e. The number of hydrogen-bond acceptors (Lipinski definition) is 14. The van der Waals surface area contributed by atoms with Gasteiger partial charge >= 0.3 is 5.97 Å². The lowest BCUT2D eigenvalue weighted by atomic mass is 10.0. The van der Waals surface area contributed by atoms with Gasteiger partial charge < -0.3 is 75.5 Å². The molecule has 18 N–H and O–H groups in total. The number of carbonyl (C=O) groups excluding carboxylic acids is 7. The van der Waals surface area contributed by atoms with Crippen LogP contribution in [0.4, 0.5) is 0 Å². The van der Waals surface area contributed by atoms with E-state index in [0.29, 0.717) is 31.6 Å². The summed E-state index contributed by atoms with van der Waals surface area (Å²) in [6.07, 6.45) is 2.21. The number of carboxylic acids is 1. The number of hydrogen-bond donors (Lipinski definition) is 14. The highest BCUT2D eigenvalue weighted by Crippen LogP contribution is 2.11. The first-order valence-electron chi connectivity index (χ1n) is 20.6. The van der Waals surface area contributed by atoms with Gasteiger partial charge in [0.1, 0.15) is 36.3 Å². The topological polar surface area (TPSA) is 398 Å².